The van der Waals surface area contributed by atoms with Gasteiger partial charge in [0, 0.05) is 36.3 Å². The van der Waals surface area contributed by atoms with E-state index in [4.69, 9.17) is 26.1 Å². The van der Waals surface area contributed by atoms with Gasteiger partial charge in [0.25, 0.3) is 0 Å². The molecule has 0 bridgehead atoms. The first-order valence-corrected chi connectivity index (χ1v) is 14.0. The maximum absolute atomic E-state index is 14.7. The molecule has 40 heavy (non-hydrogen) atoms. The fourth-order valence-corrected chi connectivity index (χ4v) is 5.86. The Kier molecular flexibility index (Phi) is 7.54. The SMILES string of the molecule is O=C(O)c1cc2c(nc(CN3CC=C(c4nc(OCc5ccc(Cl)cc5F)ccc4F)CC3)n2C[C@@H]2CCO2)s1. The number of halogens is 3. The van der Waals surface area contributed by atoms with Crippen LogP contribution < -0.4 is 4.74 Å². The molecule has 0 saturated carbocycles. The predicted octanol–water partition coefficient (Wildman–Crippen LogP) is 5.78. The van der Waals surface area contributed by atoms with Gasteiger partial charge in [-0.2, -0.15) is 0 Å². The number of carbonyl (C=O) groups is 1. The Balaban J connectivity index is 1.15. The van der Waals surface area contributed by atoms with Gasteiger partial charge in [0.2, 0.25) is 5.88 Å². The molecule has 1 fully saturated rings. The fourth-order valence-electron chi connectivity index (χ4n) is 4.81. The van der Waals surface area contributed by atoms with Crippen LogP contribution in [-0.2, 0) is 24.4 Å². The second-order valence-electron chi connectivity index (χ2n) is 9.75. The molecule has 3 aromatic heterocycles. The second-order valence-corrected chi connectivity index (χ2v) is 11.2. The minimum atomic E-state index is -0.961. The largest absolute Gasteiger partial charge is 0.477 e. The third-order valence-corrected chi connectivity index (χ3v) is 8.33. The van der Waals surface area contributed by atoms with Crippen LogP contribution in [0.2, 0.25) is 5.02 Å². The first-order valence-electron chi connectivity index (χ1n) is 12.8. The third kappa shape index (κ3) is 5.60. The number of pyridine rings is 1. The van der Waals surface area contributed by atoms with Gasteiger partial charge in [0.15, 0.2) is 0 Å². The first-order chi connectivity index (χ1) is 19.3. The van der Waals surface area contributed by atoms with Crippen LogP contribution in [0.5, 0.6) is 5.88 Å². The van der Waals surface area contributed by atoms with E-state index in [0.29, 0.717) is 48.0 Å². The number of rotatable bonds is 9. The molecule has 1 saturated heterocycles. The number of hydrogen-bond donors (Lipinski definition) is 1. The third-order valence-electron chi connectivity index (χ3n) is 7.09. The van der Waals surface area contributed by atoms with E-state index in [1.165, 1.54) is 29.5 Å². The number of ether oxygens (including phenoxy) is 2. The molecule has 5 heterocycles. The summed E-state index contributed by atoms with van der Waals surface area (Å²) in [6, 6.07) is 8.74. The zero-order valence-electron chi connectivity index (χ0n) is 21.3. The molecule has 8 nitrogen and oxygen atoms in total. The van der Waals surface area contributed by atoms with Crippen molar-refractivity contribution in [3.63, 3.8) is 0 Å². The van der Waals surface area contributed by atoms with E-state index in [1.807, 2.05) is 6.08 Å². The zero-order valence-corrected chi connectivity index (χ0v) is 22.9. The molecule has 0 radical (unpaired) electrons. The summed E-state index contributed by atoms with van der Waals surface area (Å²) in [4.78, 5) is 23.7. The Bertz CT molecular complexity index is 1620. The number of thiophene rings is 1. The molecule has 2 aliphatic rings. The van der Waals surface area contributed by atoms with Crippen LogP contribution >= 0.6 is 22.9 Å². The Labute approximate surface area is 237 Å². The summed E-state index contributed by atoms with van der Waals surface area (Å²) in [6.07, 6.45) is 3.58. The minimum absolute atomic E-state index is 0.0577. The number of hydrogen-bond acceptors (Lipinski definition) is 7. The van der Waals surface area contributed by atoms with Crippen LogP contribution in [-0.4, -0.2) is 56.3 Å². The van der Waals surface area contributed by atoms with Crippen molar-refractivity contribution >= 4 is 44.8 Å². The molecular formula is C28H25ClF2N4O4S. The van der Waals surface area contributed by atoms with Crippen molar-refractivity contribution in [3.05, 3.63) is 81.1 Å². The highest BCUT2D eigenvalue weighted by atomic mass is 35.5. The van der Waals surface area contributed by atoms with Gasteiger partial charge in [-0.15, -0.1) is 11.3 Å². The van der Waals surface area contributed by atoms with Crippen LogP contribution in [0.1, 0.15) is 39.6 Å². The molecule has 12 heteroatoms. The molecule has 0 aliphatic carbocycles. The molecule has 6 rings (SSSR count). The topological polar surface area (TPSA) is 89.7 Å². The number of aromatic carboxylic acids is 1. The summed E-state index contributed by atoms with van der Waals surface area (Å²) in [5, 5.41) is 9.69. The van der Waals surface area contributed by atoms with Crippen molar-refractivity contribution in [2.75, 3.05) is 19.7 Å². The van der Waals surface area contributed by atoms with Crippen molar-refractivity contribution in [2.24, 2.45) is 0 Å². The normalized spacial score (nSPS) is 17.6. The van der Waals surface area contributed by atoms with E-state index < -0.39 is 17.6 Å². The van der Waals surface area contributed by atoms with Crippen molar-refractivity contribution < 1.29 is 28.2 Å². The van der Waals surface area contributed by atoms with E-state index in [1.54, 1.807) is 18.2 Å². The number of aromatic nitrogens is 3. The summed E-state index contributed by atoms with van der Waals surface area (Å²) in [5.74, 6) is -0.838. The highest BCUT2D eigenvalue weighted by Crippen LogP contribution is 2.30. The van der Waals surface area contributed by atoms with E-state index in [2.05, 4.69) is 14.5 Å². The second kappa shape index (κ2) is 11.2. The lowest BCUT2D eigenvalue weighted by Gasteiger charge is -2.29. The Morgan fingerprint density at radius 2 is 2.05 bits per heavy atom. The molecule has 1 atom stereocenters. The number of fused-ring (bicyclic) bond motifs is 1. The number of nitrogens with zero attached hydrogens (tertiary/aromatic N) is 4. The molecule has 0 unspecified atom stereocenters. The number of carboxylic acid groups (broad SMARTS) is 1. The molecule has 1 aromatic carbocycles. The molecule has 0 amide bonds. The number of carboxylic acids is 1. The molecule has 0 spiro atoms. The summed E-state index contributed by atoms with van der Waals surface area (Å²) >= 11 is 6.97. The van der Waals surface area contributed by atoms with Crippen LogP contribution in [0, 0.1) is 11.6 Å². The smallest absolute Gasteiger partial charge is 0.346 e. The van der Waals surface area contributed by atoms with Crippen molar-refractivity contribution in [2.45, 2.75) is 38.6 Å². The van der Waals surface area contributed by atoms with Gasteiger partial charge in [-0.3, -0.25) is 4.90 Å². The van der Waals surface area contributed by atoms with Crippen LogP contribution in [0.15, 0.2) is 42.5 Å². The average Bonchev–Trinajstić information content (AvgIpc) is 3.45. The van der Waals surface area contributed by atoms with Gasteiger partial charge in [-0.05, 0) is 42.7 Å². The van der Waals surface area contributed by atoms with Crippen molar-refractivity contribution in [3.8, 4) is 5.88 Å². The highest BCUT2D eigenvalue weighted by molar-refractivity contribution is 7.20. The highest BCUT2D eigenvalue weighted by Gasteiger charge is 2.25. The summed E-state index contributed by atoms with van der Waals surface area (Å²) in [5.41, 5.74) is 2.13. The van der Waals surface area contributed by atoms with Gasteiger partial charge in [-0.25, -0.2) is 23.5 Å². The fraction of sp³-hybridized carbons (Fsp3) is 0.321. The Morgan fingerprint density at radius 3 is 2.75 bits per heavy atom. The van der Waals surface area contributed by atoms with E-state index in [0.717, 1.165) is 29.9 Å². The van der Waals surface area contributed by atoms with Crippen LogP contribution in [0.25, 0.3) is 15.9 Å². The average molecular weight is 587 g/mol. The van der Waals surface area contributed by atoms with Crippen molar-refractivity contribution in [1.29, 1.82) is 0 Å². The lowest BCUT2D eigenvalue weighted by molar-refractivity contribution is -0.0591. The Morgan fingerprint density at radius 1 is 1.20 bits per heavy atom. The summed E-state index contributed by atoms with van der Waals surface area (Å²) in [7, 11) is 0. The maximum atomic E-state index is 14.7. The number of benzene rings is 1. The summed E-state index contributed by atoms with van der Waals surface area (Å²) < 4.78 is 42.2. The van der Waals surface area contributed by atoms with E-state index in [9.17, 15) is 18.7 Å². The van der Waals surface area contributed by atoms with Crippen LogP contribution in [0.4, 0.5) is 8.78 Å². The van der Waals surface area contributed by atoms with Gasteiger partial charge in [0.05, 0.1) is 24.7 Å². The Hall–Kier alpha value is -3.38. The summed E-state index contributed by atoms with van der Waals surface area (Å²) in [6.45, 7) is 3.09. The van der Waals surface area contributed by atoms with Gasteiger partial charge in [-0.1, -0.05) is 23.7 Å². The van der Waals surface area contributed by atoms with Crippen molar-refractivity contribution in [1.82, 2.24) is 19.4 Å². The standard InChI is InChI=1S/C28H25ClF2N4O4S/c29-18-2-1-17(21(31)11-18)15-39-25-4-3-20(30)26(33-25)16-5-8-34(9-6-16)14-24-32-27-22(12-23(40-27)28(36)37)35(24)13-19-7-10-38-19/h1-5,11-12,19H,6-10,13-15H2,(H,36,37)/t19-/m0/s1. The molecule has 4 aromatic rings. The van der Waals surface area contributed by atoms with Gasteiger partial charge in [0.1, 0.15) is 39.5 Å². The molecule has 208 valence electrons. The monoisotopic (exact) mass is 586 g/mol. The van der Waals surface area contributed by atoms with Gasteiger partial charge < -0.3 is 19.1 Å². The quantitative estimate of drug-likeness (QED) is 0.266. The van der Waals surface area contributed by atoms with Crippen LogP contribution in [0.3, 0.4) is 0 Å². The van der Waals surface area contributed by atoms with E-state index in [-0.39, 0.29) is 29.2 Å². The molecular weight excluding hydrogens is 562 g/mol. The first kappa shape index (κ1) is 26.8. The molecule has 1 N–H and O–H groups in total. The maximum Gasteiger partial charge on any atom is 0.346 e. The minimum Gasteiger partial charge on any atom is -0.477 e. The lowest BCUT2D eigenvalue weighted by Crippen LogP contribution is -2.33. The van der Waals surface area contributed by atoms with Gasteiger partial charge >= 0.3 is 5.97 Å². The molecule has 2 aliphatic heterocycles. The van der Waals surface area contributed by atoms with E-state index >= 15 is 0 Å². The zero-order chi connectivity index (χ0) is 27.8. The number of imidazole rings is 1. The predicted molar refractivity (Wildman–Crippen MR) is 147 cm³/mol. The lowest BCUT2D eigenvalue weighted by atomic mass is 10.0.